The molecule has 0 spiro atoms. The second-order valence-corrected chi connectivity index (χ2v) is 6.53. The van der Waals surface area contributed by atoms with Crippen LogP contribution in [0, 0.1) is 17.5 Å². The summed E-state index contributed by atoms with van der Waals surface area (Å²) < 4.78 is 58.3. The first kappa shape index (κ1) is 18.2. The van der Waals surface area contributed by atoms with E-state index in [1.165, 1.54) is 12.1 Å². The standard InChI is InChI=1S/C20H12F3N3O4/c1-2-28-20(27)19-26-25-18(30-19)17-14-11-5-9(22)6-12(23)15(11)24-16(14)10-4-3-8(21)7-13(10)29-17/h3-7,17,24H,2H2,1H3. The molecule has 1 N–H and O–H groups in total. The summed E-state index contributed by atoms with van der Waals surface area (Å²) in [4.78, 5) is 14.8. The Morgan fingerprint density at radius 2 is 2.00 bits per heavy atom. The van der Waals surface area contributed by atoms with Crippen molar-refractivity contribution in [3.63, 3.8) is 0 Å². The van der Waals surface area contributed by atoms with E-state index in [9.17, 15) is 18.0 Å². The number of ether oxygens (including phenoxy) is 2. The number of aromatic nitrogens is 3. The van der Waals surface area contributed by atoms with Crippen LogP contribution in [0.5, 0.6) is 5.75 Å². The van der Waals surface area contributed by atoms with Gasteiger partial charge in [-0.1, -0.05) is 0 Å². The third-order valence-corrected chi connectivity index (χ3v) is 4.70. The molecule has 0 saturated carbocycles. The van der Waals surface area contributed by atoms with Gasteiger partial charge in [-0.15, -0.1) is 10.2 Å². The van der Waals surface area contributed by atoms with E-state index in [1.807, 2.05) is 0 Å². The molecule has 152 valence electrons. The van der Waals surface area contributed by atoms with E-state index in [4.69, 9.17) is 13.9 Å². The van der Waals surface area contributed by atoms with Crippen LogP contribution >= 0.6 is 0 Å². The van der Waals surface area contributed by atoms with Crippen molar-refractivity contribution in [2.24, 2.45) is 0 Å². The first-order chi connectivity index (χ1) is 14.5. The van der Waals surface area contributed by atoms with Gasteiger partial charge in [-0.05, 0) is 25.1 Å². The van der Waals surface area contributed by atoms with Crippen LogP contribution in [-0.2, 0) is 4.74 Å². The number of aromatic amines is 1. The van der Waals surface area contributed by atoms with Crippen LogP contribution in [0.4, 0.5) is 13.2 Å². The highest BCUT2D eigenvalue weighted by Crippen LogP contribution is 2.47. The van der Waals surface area contributed by atoms with Gasteiger partial charge in [-0.3, -0.25) is 0 Å². The van der Waals surface area contributed by atoms with E-state index < -0.39 is 35.4 Å². The summed E-state index contributed by atoms with van der Waals surface area (Å²) >= 11 is 0. The number of carbonyl (C=O) groups excluding carboxylic acids is 1. The SMILES string of the molecule is CCOC(=O)c1nnc(C2Oc3cc(F)ccc3-c3[nH]c4c(F)cc(F)cc4c32)o1. The number of hydrogen-bond acceptors (Lipinski definition) is 6. The maximum atomic E-state index is 14.4. The summed E-state index contributed by atoms with van der Waals surface area (Å²) in [5, 5.41) is 7.68. The van der Waals surface area contributed by atoms with E-state index in [-0.39, 0.29) is 29.2 Å². The third-order valence-electron chi connectivity index (χ3n) is 4.70. The molecule has 1 atom stereocenters. The predicted octanol–water partition coefficient (Wildman–Crippen LogP) is 4.29. The van der Waals surface area contributed by atoms with Crippen molar-refractivity contribution in [3.05, 3.63) is 65.1 Å². The average molecular weight is 415 g/mol. The highest BCUT2D eigenvalue weighted by atomic mass is 19.1. The number of carbonyl (C=O) groups is 1. The quantitative estimate of drug-likeness (QED) is 0.502. The van der Waals surface area contributed by atoms with Gasteiger partial charge in [0.1, 0.15) is 23.2 Å². The van der Waals surface area contributed by atoms with Crippen molar-refractivity contribution >= 4 is 16.9 Å². The van der Waals surface area contributed by atoms with Gasteiger partial charge in [0.05, 0.1) is 17.8 Å². The molecule has 7 nitrogen and oxygen atoms in total. The topological polar surface area (TPSA) is 90.2 Å². The van der Waals surface area contributed by atoms with Crippen LogP contribution in [0.25, 0.3) is 22.2 Å². The highest BCUT2D eigenvalue weighted by Gasteiger charge is 2.36. The molecule has 3 heterocycles. The van der Waals surface area contributed by atoms with Crippen molar-refractivity contribution in [2.45, 2.75) is 13.0 Å². The molecule has 0 amide bonds. The van der Waals surface area contributed by atoms with Crippen LogP contribution in [0.3, 0.4) is 0 Å². The average Bonchev–Trinajstić information content (AvgIpc) is 3.33. The number of hydrogen-bond donors (Lipinski definition) is 1. The van der Waals surface area contributed by atoms with Crippen LogP contribution in [0.1, 0.15) is 35.2 Å². The van der Waals surface area contributed by atoms with Gasteiger partial charge in [0.25, 0.3) is 5.89 Å². The molecule has 1 aliphatic rings. The Labute approximate surface area is 166 Å². The number of fused-ring (bicyclic) bond motifs is 5. The third kappa shape index (κ3) is 2.71. The second kappa shape index (κ2) is 6.61. The maximum Gasteiger partial charge on any atom is 0.396 e. The molecule has 1 unspecified atom stereocenters. The second-order valence-electron chi connectivity index (χ2n) is 6.53. The molecule has 0 radical (unpaired) electrons. The molecule has 0 bridgehead atoms. The molecule has 2 aromatic heterocycles. The molecule has 0 aliphatic carbocycles. The van der Waals surface area contributed by atoms with Crippen LogP contribution in [-0.4, -0.2) is 27.8 Å². The zero-order valence-corrected chi connectivity index (χ0v) is 15.3. The normalized spacial score (nSPS) is 14.9. The van der Waals surface area contributed by atoms with Crippen LogP contribution in [0.2, 0.25) is 0 Å². The fourth-order valence-electron chi connectivity index (χ4n) is 3.50. The lowest BCUT2D eigenvalue weighted by atomic mass is 9.96. The number of nitrogens with zero attached hydrogens (tertiary/aromatic N) is 2. The first-order valence-corrected chi connectivity index (χ1v) is 8.94. The van der Waals surface area contributed by atoms with Gasteiger partial charge in [0.2, 0.25) is 6.10 Å². The van der Waals surface area contributed by atoms with Crippen molar-refractivity contribution in [2.75, 3.05) is 6.61 Å². The minimum absolute atomic E-state index is 0.0392. The van der Waals surface area contributed by atoms with E-state index in [0.717, 1.165) is 18.2 Å². The fourth-order valence-corrected chi connectivity index (χ4v) is 3.50. The summed E-state index contributed by atoms with van der Waals surface area (Å²) in [6, 6.07) is 5.72. The molecule has 2 aromatic carbocycles. The number of nitrogens with one attached hydrogen (secondary N) is 1. The van der Waals surface area contributed by atoms with E-state index >= 15 is 0 Å². The van der Waals surface area contributed by atoms with Gasteiger partial charge in [0, 0.05) is 28.6 Å². The van der Waals surface area contributed by atoms with Gasteiger partial charge in [-0.25, -0.2) is 18.0 Å². The molecule has 1 aliphatic heterocycles. The van der Waals surface area contributed by atoms with Gasteiger partial charge in [-0.2, -0.15) is 0 Å². The summed E-state index contributed by atoms with van der Waals surface area (Å²) in [6.07, 6.45) is -1.14. The Kier molecular flexibility index (Phi) is 4.02. The van der Waals surface area contributed by atoms with Crippen LogP contribution in [0.15, 0.2) is 34.7 Å². The largest absolute Gasteiger partial charge is 0.475 e. The van der Waals surface area contributed by atoms with Crippen LogP contribution < -0.4 is 4.74 Å². The molecule has 4 aromatic rings. The lowest BCUT2D eigenvalue weighted by Crippen LogP contribution is -2.15. The summed E-state index contributed by atoms with van der Waals surface area (Å²) in [5.74, 6) is -3.39. The monoisotopic (exact) mass is 415 g/mol. The summed E-state index contributed by atoms with van der Waals surface area (Å²) in [6.45, 7) is 1.72. The lowest BCUT2D eigenvalue weighted by Gasteiger charge is -2.24. The maximum absolute atomic E-state index is 14.4. The number of H-pyrrole nitrogens is 1. The summed E-state index contributed by atoms with van der Waals surface area (Å²) in [7, 11) is 0. The fraction of sp³-hybridized carbons (Fsp3) is 0.150. The zero-order valence-electron chi connectivity index (χ0n) is 15.3. The number of esters is 1. The minimum atomic E-state index is -1.14. The zero-order chi connectivity index (χ0) is 21.0. The lowest BCUT2D eigenvalue weighted by molar-refractivity contribution is 0.0475. The Hall–Kier alpha value is -3.82. The van der Waals surface area contributed by atoms with Crippen molar-refractivity contribution in [3.8, 4) is 17.0 Å². The minimum Gasteiger partial charge on any atom is -0.475 e. The van der Waals surface area contributed by atoms with Crippen molar-refractivity contribution < 1.29 is 31.9 Å². The predicted molar refractivity (Wildman–Crippen MR) is 96.3 cm³/mol. The molecule has 0 fully saturated rings. The number of halogens is 3. The molecular weight excluding hydrogens is 403 g/mol. The van der Waals surface area contributed by atoms with Crippen molar-refractivity contribution in [1.29, 1.82) is 0 Å². The molecule has 30 heavy (non-hydrogen) atoms. The Morgan fingerprint density at radius 3 is 2.80 bits per heavy atom. The molecule has 10 heteroatoms. The number of benzene rings is 2. The summed E-state index contributed by atoms with van der Waals surface area (Å²) in [5.41, 5.74) is 1.19. The Morgan fingerprint density at radius 1 is 1.17 bits per heavy atom. The molecule has 5 rings (SSSR count). The first-order valence-electron chi connectivity index (χ1n) is 8.94. The Bertz CT molecular complexity index is 1310. The smallest absolute Gasteiger partial charge is 0.396 e. The van der Waals surface area contributed by atoms with Crippen molar-refractivity contribution in [1.82, 2.24) is 15.2 Å². The molecular formula is C20H12F3N3O4. The molecule has 0 saturated heterocycles. The highest BCUT2D eigenvalue weighted by molar-refractivity contribution is 5.94. The van der Waals surface area contributed by atoms with Gasteiger partial charge in [0.15, 0.2) is 0 Å². The van der Waals surface area contributed by atoms with Gasteiger partial charge < -0.3 is 18.9 Å². The number of rotatable bonds is 3. The van der Waals surface area contributed by atoms with E-state index in [0.29, 0.717) is 16.8 Å². The Balaban J connectivity index is 1.74. The van der Waals surface area contributed by atoms with Gasteiger partial charge >= 0.3 is 11.9 Å². The van der Waals surface area contributed by atoms with E-state index in [1.54, 1.807) is 6.92 Å². The van der Waals surface area contributed by atoms with E-state index in [2.05, 4.69) is 15.2 Å².